The highest BCUT2D eigenvalue weighted by atomic mass is 32.2. The van der Waals surface area contributed by atoms with Crippen molar-refractivity contribution in [1.29, 1.82) is 0 Å². The zero-order chi connectivity index (χ0) is 14.2. The van der Waals surface area contributed by atoms with E-state index in [2.05, 4.69) is 58.1 Å². The summed E-state index contributed by atoms with van der Waals surface area (Å²) in [6, 6.07) is 15.1. The van der Waals surface area contributed by atoms with Crippen LogP contribution in [0.4, 0.5) is 0 Å². The second-order valence-corrected chi connectivity index (χ2v) is 5.55. The van der Waals surface area contributed by atoms with Crippen molar-refractivity contribution in [3.63, 3.8) is 0 Å². The molecule has 0 aliphatic carbocycles. The van der Waals surface area contributed by atoms with Crippen molar-refractivity contribution >= 4 is 28.5 Å². The minimum atomic E-state index is 0.843. The highest BCUT2D eigenvalue weighted by Crippen LogP contribution is 2.22. The largest absolute Gasteiger partial charge is 0.359 e. The van der Waals surface area contributed by atoms with Gasteiger partial charge in [0.15, 0.2) is 5.96 Å². The Hall–Kier alpha value is -1.68. The zero-order valence-corrected chi connectivity index (χ0v) is 12.8. The smallest absolute Gasteiger partial charge is 0.190 e. The van der Waals surface area contributed by atoms with Gasteiger partial charge in [-0.15, -0.1) is 0 Å². The van der Waals surface area contributed by atoms with E-state index < -0.39 is 0 Å². The normalized spacial score (nSPS) is 11.6. The van der Waals surface area contributed by atoms with Crippen LogP contribution in [-0.4, -0.2) is 32.4 Å². The van der Waals surface area contributed by atoms with E-state index in [0.717, 1.165) is 24.0 Å². The maximum Gasteiger partial charge on any atom is 0.190 e. The Labute approximate surface area is 124 Å². The monoisotopic (exact) mass is 287 g/mol. The lowest BCUT2D eigenvalue weighted by atomic mass is 10.1. The molecule has 0 fully saturated rings. The lowest BCUT2D eigenvalue weighted by Crippen LogP contribution is -2.35. The molecule has 2 aromatic carbocycles. The number of aliphatic imine (C=N–C) groups is 1. The van der Waals surface area contributed by atoms with Gasteiger partial charge in [-0.3, -0.25) is 4.99 Å². The summed E-state index contributed by atoms with van der Waals surface area (Å²) in [5.41, 5.74) is 1.41. The average molecular weight is 287 g/mol. The maximum absolute atomic E-state index is 4.09. The van der Waals surface area contributed by atoms with Gasteiger partial charge in [0.2, 0.25) is 0 Å². The Morgan fingerprint density at radius 2 is 1.95 bits per heavy atom. The SMILES string of the molecule is CN=C(NC)NCCSCc1cccc2ccccc12. The molecule has 20 heavy (non-hydrogen) atoms. The quantitative estimate of drug-likeness (QED) is 0.504. The molecule has 0 unspecified atom stereocenters. The van der Waals surface area contributed by atoms with Crippen LogP contribution in [0.1, 0.15) is 5.56 Å². The van der Waals surface area contributed by atoms with Crippen LogP contribution in [0, 0.1) is 0 Å². The van der Waals surface area contributed by atoms with Gasteiger partial charge < -0.3 is 10.6 Å². The average Bonchev–Trinajstić information content (AvgIpc) is 2.51. The van der Waals surface area contributed by atoms with Crippen molar-refractivity contribution in [1.82, 2.24) is 10.6 Å². The molecule has 0 aliphatic rings. The van der Waals surface area contributed by atoms with Crippen molar-refractivity contribution in [3.05, 3.63) is 48.0 Å². The molecule has 106 valence electrons. The molecule has 0 radical (unpaired) electrons. The summed E-state index contributed by atoms with van der Waals surface area (Å²) in [7, 11) is 3.65. The zero-order valence-electron chi connectivity index (χ0n) is 12.0. The summed E-state index contributed by atoms with van der Waals surface area (Å²) in [4.78, 5) is 4.09. The third kappa shape index (κ3) is 3.90. The Kier molecular flexibility index (Phi) is 5.74. The van der Waals surface area contributed by atoms with E-state index in [1.807, 2.05) is 18.8 Å². The molecule has 2 rings (SSSR count). The standard InChI is InChI=1S/C16H21N3S/c1-17-16(18-2)19-10-11-20-12-14-8-5-7-13-6-3-4-9-15(13)14/h3-9H,10-12H2,1-2H3,(H2,17,18,19). The number of benzene rings is 2. The second-order valence-electron chi connectivity index (χ2n) is 4.44. The van der Waals surface area contributed by atoms with Gasteiger partial charge in [-0.05, 0) is 16.3 Å². The molecule has 0 heterocycles. The topological polar surface area (TPSA) is 36.4 Å². The maximum atomic E-state index is 4.09. The summed E-state index contributed by atoms with van der Waals surface area (Å²) < 4.78 is 0. The van der Waals surface area contributed by atoms with Gasteiger partial charge in [0.05, 0.1) is 0 Å². The first-order valence-electron chi connectivity index (χ1n) is 6.78. The van der Waals surface area contributed by atoms with Crippen LogP contribution < -0.4 is 10.6 Å². The number of rotatable bonds is 5. The van der Waals surface area contributed by atoms with E-state index in [-0.39, 0.29) is 0 Å². The number of guanidine groups is 1. The van der Waals surface area contributed by atoms with Gasteiger partial charge >= 0.3 is 0 Å². The summed E-state index contributed by atoms with van der Waals surface area (Å²) >= 11 is 1.94. The van der Waals surface area contributed by atoms with Gasteiger partial charge in [-0.2, -0.15) is 11.8 Å². The Bertz CT molecular complexity index is 575. The van der Waals surface area contributed by atoms with Gasteiger partial charge in [-0.25, -0.2) is 0 Å². The van der Waals surface area contributed by atoms with E-state index in [9.17, 15) is 0 Å². The van der Waals surface area contributed by atoms with E-state index in [0.29, 0.717) is 0 Å². The molecule has 0 spiro atoms. The third-order valence-corrected chi connectivity index (χ3v) is 4.14. The van der Waals surface area contributed by atoms with Crippen molar-refractivity contribution in [2.24, 2.45) is 4.99 Å². The number of hydrogen-bond acceptors (Lipinski definition) is 2. The van der Waals surface area contributed by atoms with E-state index in [1.165, 1.54) is 16.3 Å². The van der Waals surface area contributed by atoms with Crippen molar-refractivity contribution in [2.75, 3.05) is 26.4 Å². The number of hydrogen-bond donors (Lipinski definition) is 2. The van der Waals surface area contributed by atoms with Crippen LogP contribution in [0.3, 0.4) is 0 Å². The minimum Gasteiger partial charge on any atom is -0.359 e. The molecule has 0 aromatic heterocycles. The van der Waals surface area contributed by atoms with Crippen molar-refractivity contribution in [3.8, 4) is 0 Å². The van der Waals surface area contributed by atoms with Gasteiger partial charge in [0.1, 0.15) is 0 Å². The van der Waals surface area contributed by atoms with E-state index in [4.69, 9.17) is 0 Å². The first kappa shape index (κ1) is 14.7. The molecular weight excluding hydrogens is 266 g/mol. The number of nitrogens with one attached hydrogen (secondary N) is 2. The fourth-order valence-electron chi connectivity index (χ4n) is 2.12. The molecule has 0 amide bonds. The molecule has 2 aromatic rings. The Morgan fingerprint density at radius 3 is 2.75 bits per heavy atom. The van der Waals surface area contributed by atoms with Crippen molar-refractivity contribution in [2.45, 2.75) is 5.75 Å². The number of thioether (sulfide) groups is 1. The first-order valence-corrected chi connectivity index (χ1v) is 7.93. The van der Waals surface area contributed by atoms with Crippen LogP contribution in [0.2, 0.25) is 0 Å². The molecule has 0 atom stereocenters. The van der Waals surface area contributed by atoms with E-state index >= 15 is 0 Å². The Balaban J connectivity index is 1.84. The van der Waals surface area contributed by atoms with E-state index in [1.54, 1.807) is 7.05 Å². The fraction of sp³-hybridized carbons (Fsp3) is 0.312. The molecule has 0 aliphatic heterocycles. The number of fused-ring (bicyclic) bond motifs is 1. The van der Waals surface area contributed by atoms with Gasteiger partial charge in [0.25, 0.3) is 0 Å². The molecule has 0 saturated heterocycles. The van der Waals surface area contributed by atoms with Crippen LogP contribution in [0.5, 0.6) is 0 Å². The summed E-state index contributed by atoms with van der Waals surface area (Å²) in [6.07, 6.45) is 0. The molecular formula is C16H21N3S. The lowest BCUT2D eigenvalue weighted by molar-refractivity contribution is 0.912. The fourth-order valence-corrected chi connectivity index (χ4v) is 2.98. The Morgan fingerprint density at radius 1 is 1.15 bits per heavy atom. The van der Waals surface area contributed by atoms with Crippen LogP contribution >= 0.6 is 11.8 Å². The van der Waals surface area contributed by atoms with Gasteiger partial charge in [0, 0.05) is 32.1 Å². The van der Waals surface area contributed by atoms with Crippen molar-refractivity contribution < 1.29 is 0 Å². The highest BCUT2D eigenvalue weighted by Gasteiger charge is 2.00. The van der Waals surface area contributed by atoms with Crippen LogP contribution in [0.25, 0.3) is 10.8 Å². The number of nitrogens with zero attached hydrogens (tertiary/aromatic N) is 1. The molecule has 2 N–H and O–H groups in total. The summed E-state index contributed by atoms with van der Waals surface area (Å²) in [6.45, 7) is 0.920. The van der Waals surface area contributed by atoms with Gasteiger partial charge in [-0.1, -0.05) is 42.5 Å². The predicted molar refractivity (Wildman–Crippen MR) is 90.5 cm³/mol. The van der Waals surface area contributed by atoms with Crippen LogP contribution in [-0.2, 0) is 5.75 Å². The minimum absolute atomic E-state index is 0.843. The highest BCUT2D eigenvalue weighted by molar-refractivity contribution is 7.98. The first-order chi connectivity index (χ1) is 9.85. The molecule has 0 bridgehead atoms. The second kappa shape index (κ2) is 7.80. The molecule has 0 saturated carbocycles. The lowest BCUT2D eigenvalue weighted by Gasteiger charge is -2.09. The molecule has 3 nitrogen and oxygen atoms in total. The summed E-state index contributed by atoms with van der Waals surface area (Å²) in [5.74, 6) is 2.95. The summed E-state index contributed by atoms with van der Waals surface area (Å²) in [5, 5.41) is 8.96. The third-order valence-electron chi connectivity index (χ3n) is 3.14. The van der Waals surface area contributed by atoms with Crippen LogP contribution in [0.15, 0.2) is 47.5 Å². The molecule has 4 heteroatoms. The predicted octanol–water partition coefficient (Wildman–Crippen LogP) is 2.87.